The van der Waals surface area contributed by atoms with Crippen molar-refractivity contribution in [3.63, 3.8) is 0 Å². The first-order valence-corrected chi connectivity index (χ1v) is 3.84. The molecule has 0 aliphatic heterocycles. The van der Waals surface area contributed by atoms with E-state index >= 15 is 0 Å². The van der Waals surface area contributed by atoms with Crippen LogP contribution in [0.15, 0.2) is 6.20 Å². The molecule has 0 fully saturated rings. The first kappa shape index (κ1) is 10.7. The second-order valence-corrected chi connectivity index (χ2v) is 2.55. The molecule has 0 saturated heterocycles. The quantitative estimate of drug-likeness (QED) is 0.652. The van der Waals surface area contributed by atoms with E-state index in [1.165, 1.54) is 7.11 Å². The molecular weight excluding hydrogens is 196 g/mol. The summed E-state index contributed by atoms with van der Waals surface area (Å²) < 4.78 is 29.4. The monoisotopic (exact) mass is 205 g/mol. The highest BCUT2D eigenvalue weighted by Gasteiger charge is 2.15. The van der Waals surface area contributed by atoms with Crippen LogP contribution in [-0.4, -0.2) is 40.9 Å². The van der Waals surface area contributed by atoms with Gasteiger partial charge in [-0.15, -0.1) is 5.10 Å². The van der Waals surface area contributed by atoms with Crippen LogP contribution in [0.3, 0.4) is 0 Å². The summed E-state index contributed by atoms with van der Waals surface area (Å²) in [4.78, 5) is 11.2. The van der Waals surface area contributed by atoms with E-state index in [1.807, 2.05) is 0 Å². The van der Waals surface area contributed by atoms with Crippen molar-refractivity contribution in [3.8, 4) is 0 Å². The van der Waals surface area contributed by atoms with Crippen molar-refractivity contribution in [2.45, 2.75) is 13.0 Å². The van der Waals surface area contributed by atoms with Crippen molar-refractivity contribution in [2.24, 2.45) is 0 Å². The van der Waals surface area contributed by atoms with Crippen molar-refractivity contribution in [3.05, 3.63) is 11.9 Å². The summed E-state index contributed by atoms with van der Waals surface area (Å²) in [6, 6.07) is 0. The molecule has 78 valence electrons. The van der Waals surface area contributed by atoms with Gasteiger partial charge < -0.3 is 4.74 Å². The summed E-state index contributed by atoms with van der Waals surface area (Å²) in [7, 11) is 1.35. The number of ketones is 1. The average molecular weight is 205 g/mol. The molecule has 0 aliphatic rings. The number of hydrogen-bond donors (Lipinski definition) is 0. The van der Waals surface area contributed by atoms with Crippen LogP contribution in [0.2, 0.25) is 0 Å². The fraction of sp³-hybridized carbons (Fsp3) is 0.571. The van der Waals surface area contributed by atoms with Gasteiger partial charge in [-0.1, -0.05) is 5.21 Å². The number of halogens is 2. The molecule has 1 heterocycles. The first-order valence-electron chi connectivity index (χ1n) is 3.84. The van der Waals surface area contributed by atoms with Crippen molar-refractivity contribution >= 4 is 5.78 Å². The number of aromatic nitrogens is 3. The van der Waals surface area contributed by atoms with Crippen LogP contribution < -0.4 is 0 Å². The molecule has 0 unspecified atom stereocenters. The Morgan fingerprint density at radius 3 is 3.00 bits per heavy atom. The van der Waals surface area contributed by atoms with Gasteiger partial charge in [0.15, 0.2) is 0 Å². The van der Waals surface area contributed by atoms with Crippen LogP contribution in [0.25, 0.3) is 0 Å². The molecule has 5 nitrogen and oxygen atoms in total. The highest BCUT2D eigenvalue weighted by Crippen LogP contribution is 2.02. The molecule has 0 bridgehead atoms. The average Bonchev–Trinajstić information content (AvgIpc) is 2.51. The number of hydrogen-bond acceptors (Lipinski definition) is 4. The highest BCUT2D eigenvalue weighted by atomic mass is 19.3. The third-order valence-electron chi connectivity index (χ3n) is 1.49. The summed E-state index contributed by atoms with van der Waals surface area (Å²) in [5.41, 5.74) is 0.0344. The first-order chi connectivity index (χ1) is 6.65. The second kappa shape index (κ2) is 4.75. The maximum Gasteiger partial charge on any atom is 0.258 e. The van der Waals surface area contributed by atoms with Crippen LogP contribution in [-0.2, 0) is 11.3 Å². The zero-order valence-corrected chi connectivity index (χ0v) is 7.48. The van der Waals surface area contributed by atoms with Gasteiger partial charge in [-0.25, -0.2) is 13.5 Å². The van der Waals surface area contributed by atoms with Gasteiger partial charge in [0.2, 0.25) is 5.78 Å². The molecular formula is C7H9F2N3O2. The summed E-state index contributed by atoms with van der Waals surface area (Å²) in [5, 5.41) is 6.75. The third kappa shape index (κ3) is 2.56. The summed E-state index contributed by atoms with van der Waals surface area (Å²) >= 11 is 0. The van der Waals surface area contributed by atoms with Crippen LogP contribution in [0.4, 0.5) is 8.78 Å². The predicted octanol–water partition coefficient (Wildman–Crippen LogP) is 0.372. The van der Waals surface area contributed by atoms with Crippen molar-refractivity contribution < 1.29 is 18.3 Å². The Morgan fingerprint density at radius 2 is 2.43 bits per heavy atom. The Balaban J connectivity index is 2.76. The van der Waals surface area contributed by atoms with Crippen LogP contribution in [0.5, 0.6) is 0 Å². The van der Waals surface area contributed by atoms with E-state index in [-0.39, 0.29) is 12.3 Å². The fourth-order valence-electron chi connectivity index (χ4n) is 0.944. The number of carbonyl (C=O) groups excluding carboxylic acids is 1. The SMILES string of the molecule is COCC(=O)c1cnnn1CC(F)F. The molecule has 1 aromatic heterocycles. The zero-order valence-electron chi connectivity index (χ0n) is 7.48. The largest absolute Gasteiger partial charge is 0.376 e. The van der Waals surface area contributed by atoms with Crippen molar-refractivity contribution in [1.82, 2.24) is 15.0 Å². The molecule has 0 N–H and O–H groups in total. The number of methoxy groups -OCH3 is 1. The smallest absolute Gasteiger partial charge is 0.258 e. The van der Waals surface area contributed by atoms with Gasteiger partial charge in [0, 0.05) is 7.11 Å². The number of ether oxygens (including phenoxy) is 1. The predicted molar refractivity (Wildman–Crippen MR) is 42.2 cm³/mol. The van der Waals surface area contributed by atoms with Gasteiger partial charge in [0.1, 0.15) is 18.8 Å². The molecule has 0 aromatic carbocycles. The van der Waals surface area contributed by atoms with Crippen LogP contribution >= 0.6 is 0 Å². The maximum atomic E-state index is 12.0. The molecule has 14 heavy (non-hydrogen) atoms. The Labute approximate surface area is 78.7 Å². The lowest BCUT2D eigenvalue weighted by atomic mass is 10.3. The molecule has 0 radical (unpaired) electrons. The molecule has 0 saturated carbocycles. The maximum absolute atomic E-state index is 12.0. The second-order valence-electron chi connectivity index (χ2n) is 2.55. The van der Waals surface area contributed by atoms with E-state index in [1.54, 1.807) is 0 Å². The van der Waals surface area contributed by atoms with E-state index in [4.69, 9.17) is 0 Å². The minimum Gasteiger partial charge on any atom is -0.376 e. The minimum atomic E-state index is -2.56. The number of rotatable bonds is 5. The normalized spacial score (nSPS) is 10.9. The lowest BCUT2D eigenvalue weighted by Crippen LogP contribution is -2.17. The third-order valence-corrected chi connectivity index (χ3v) is 1.49. The van der Waals surface area contributed by atoms with Crippen LogP contribution in [0, 0.1) is 0 Å². The Hall–Kier alpha value is -1.37. The lowest BCUT2D eigenvalue weighted by molar-refractivity contribution is 0.0822. The minimum absolute atomic E-state index is 0.0344. The molecule has 0 amide bonds. The molecule has 7 heteroatoms. The number of carbonyl (C=O) groups is 1. The zero-order chi connectivity index (χ0) is 10.6. The summed E-state index contributed by atoms with van der Waals surface area (Å²) in [6.07, 6.45) is -1.42. The van der Waals surface area contributed by atoms with E-state index in [9.17, 15) is 13.6 Å². The van der Waals surface area contributed by atoms with Crippen LogP contribution in [0.1, 0.15) is 10.5 Å². The Morgan fingerprint density at radius 1 is 1.71 bits per heavy atom. The Kier molecular flexibility index (Phi) is 3.63. The molecule has 1 rings (SSSR count). The lowest BCUT2D eigenvalue weighted by Gasteiger charge is -2.03. The highest BCUT2D eigenvalue weighted by molar-refractivity contribution is 5.95. The van der Waals surface area contributed by atoms with Gasteiger partial charge in [-0.3, -0.25) is 4.79 Å². The number of nitrogens with zero attached hydrogens (tertiary/aromatic N) is 3. The molecule has 0 atom stereocenters. The van der Waals surface area contributed by atoms with Gasteiger partial charge in [0.25, 0.3) is 6.43 Å². The van der Waals surface area contributed by atoms with E-state index in [0.29, 0.717) is 0 Å². The standard InChI is InChI=1S/C7H9F2N3O2/c1-14-4-6(13)5-2-10-11-12(5)3-7(8)9/h2,7H,3-4H2,1H3. The van der Waals surface area contributed by atoms with Crippen molar-refractivity contribution in [1.29, 1.82) is 0 Å². The molecule has 1 aromatic rings. The number of Topliss-reactive ketones (excluding diaryl/α,β-unsaturated/α-hetero) is 1. The van der Waals surface area contributed by atoms with E-state index in [0.717, 1.165) is 10.9 Å². The van der Waals surface area contributed by atoms with E-state index in [2.05, 4.69) is 15.0 Å². The number of alkyl halides is 2. The topological polar surface area (TPSA) is 57.0 Å². The van der Waals surface area contributed by atoms with Gasteiger partial charge in [-0.05, 0) is 0 Å². The Bertz CT molecular complexity index is 314. The molecule has 0 spiro atoms. The van der Waals surface area contributed by atoms with Gasteiger partial charge in [-0.2, -0.15) is 0 Å². The van der Waals surface area contributed by atoms with Gasteiger partial charge >= 0.3 is 0 Å². The summed E-state index contributed by atoms with van der Waals surface area (Å²) in [5.74, 6) is -0.418. The van der Waals surface area contributed by atoms with E-state index < -0.39 is 18.8 Å². The molecule has 0 aliphatic carbocycles. The van der Waals surface area contributed by atoms with Crippen molar-refractivity contribution in [2.75, 3.05) is 13.7 Å². The fourth-order valence-corrected chi connectivity index (χ4v) is 0.944. The van der Waals surface area contributed by atoms with Gasteiger partial charge in [0.05, 0.1) is 6.20 Å². The summed E-state index contributed by atoms with van der Waals surface area (Å²) in [6.45, 7) is -0.804.